The molecule has 0 fully saturated rings. The van der Waals surface area contributed by atoms with Crippen molar-refractivity contribution in [2.45, 2.75) is 4.90 Å². The van der Waals surface area contributed by atoms with Crippen LogP contribution in [0, 0.1) is 5.82 Å². The van der Waals surface area contributed by atoms with Crippen molar-refractivity contribution in [3.8, 4) is 0 Å². The fourth-order valence-corrected chi connectivity index (χ4v) is 2.50. The maximum atomic E-state index is 12.5. The summed E-state index contributed by atoms with van der Waals surface area (Å²) in [7, 11) is 2.88. The molecule has 1 heterocycles. The molecule has 0 spiro atoms. The lowest BCUT2D eigenvalue weighted by molar-refractivity contribution is 0.624. The molecule has 1 aliphatic rings. The molecule has 10 heavy (non-hydrogen) atoms. The van der Waals surface area contributed by atoms with Gasteiger partial charge in [0.1, 0.15) is 5.82 Å². The zero-order valence-corrected chi connectivity index (χ0v) is 6.51. The zero-order chi connectivity index (χ0) is 6.97. The highest BCUT2D eigenvalue weighted by Crippen LogP contribution is 2.35. The van der Waals surface area contributed by atoms with Crippen molar-refractivity contribution < 1.29 is 4.39 Å². The van der Waals surface area contributed by atoms with Crippen LogP contribution >= 0.6 is 10.8 Å². The zero-order valence-electron chi connectivity index (χ0n) is 4.87. The van der Waals surface area contributed by atoms with Gasteiger partial charge in [0.2, 0.25) is 0 Å². The first-order chi connectivity index (χ1) is 4.86. The normalized spacial score (nSPS) is 13.7. The van der Waals surface area contributed by atoms with Crippen molar-refractivity contribution in [3.05, 3.63) is 24.0 Å². The first-order valence-corrected chi connectivity index (χ1v) is 4.81. The van der Waals surface area contributed by atoms with Crippen LogP contribution in [-0.4, -0.2) is 0 Å². The highest BCUT2D eigenvalue weighted by molar-refractivity contribution is 8.63. The Morgan fingerprint density at radius 3 is 3.20 bits per heavy atom. The summed E-state index contributed by atoms with van der Waals surface area (Å²) in [5, 5.41) is 0. The second kappa shape index (κ2) is 2.29. The minimum Gasteiger partial charge on any atom is -0.207 e. The van der Waals surface area contributed by atoms with E-state index in [1.807, 2.05) is 0 Å². The molecule has 1 radical (unpaired) electrons. The van der Waals surface area contributed by atoms with E-state index in [2.05, 4.69) is 4.36 Å². The first kappa shape index (κ1) is 6.24. The summed E-state index contributed by atoms with van der Waals surface area (Å²) in [6.45, 7) is 0. The predicted molar refractivity (Wildman–Crippen MR) is 41.7 cm³/mol. The SMILES string of the molecule is Fc1ccc2c(c1)S[S]=N2. The Morgan fingerprint density at radius 2 is 2.30 bits per heavy atom. The van der Waals surface area contributed by atoms with Gasteiger partial charge >= 0.3 is 0 Å². The number of halogens is 1. The molecule has 0 amide bonds. The Balaban J connectivity index is 2.59. The van der Waals surface area contributed by atoms with Gasteiger partial charge in [0.15, 0.2) is 0 Å². The summed E-state index contributed by atoms with van der Waals surface area (Å²) in [5.41, 5.74) is 0.886. The summed E-state index contributed by atoms with van der Waals surface area (Å²) in [6.07, 6.45) is 0. The van der Waals surface area contributed by atoms with Gasteiger partial charge in [-0.15, -0.1) is 0 Å². The molecule has 0 unspecified atom stereocenters. The number of fused-ring (bicyclic) bond motifs is 1. The van der Waals surface area contributed by atoms with E-state index in [9.17, 15) is 4.39 Å². The summed E-state index contributed by atoms with van der Waals surface area (Å²) >= 11 is 0. The van der Waals surface area contributed by atoms with E-state index in [0.717, 1.165) is 10.6 Å². The molecule has 1 aliphatic heterocycles. The van der Waals surface area contributed by atoms with Crippen molar-refractivity contribution in [1.29, 1.82) is 0 Å². The summed E-state index contributed by atoms with van der Waals surface area (Å²) < 4.78 is 16.6. The van der Waals surface area contributed by atoms with Crippen LogP contribution < -0.4 is 0 Å². The number of benzene rings is 1. The summed E-state index contributed by atoms with van der Waals surface area (Å²) in [6, 6.07) is 4.62. The molecule has 0 aromatic heterocycles. The van der Waals surface area contributed by atoms with E-state index in [-0.39, 0.29) is 5.82 Å². The molecular weight excluding hydrogens is 169 g/mol. The molecule has 51 valence electrons. The Labute approximate surface area is 65.2 Å². The lowest BCUT2D eigenvalue weighted by atomic mass is 10.3. The monoisotopic (exact) mass is 172 g/mol. The van der Waals surface area contributed by atoms with Crippen LogP contribution in [0.4, 0.5) is 10.1 Å². The molecule has 0 aliphatic carbocycles. The molecule has 0 saturated carbocycles. The van der Waals surface area contributed by atoms with Gasteiger partial charge in [-0.05, 0) is 29.0 Å². The quantitative estimate of drug-likeness (QED) is 0.548. The molecule has 4 heteroatoms. The van der Waals surface area contributed by atoms with E-state index in [1.54, 1.807) is 6.07 Å². The number of nitrogens with zero attached hydrogens (tertiary/aromatic N) is 1. The third-order valence-corrected chi connectivity index (χ3v) is 3.02. The molecule has 1 aromatic rings. The van der Waals surface area contributed by atoms with E-state index < -0.39 is 0 Å². The molecule has 1 nitrogen and oxygen atoms in total. The van der Waals surface area contributed by atoms with Crippen molar-refractivity contribution in [1.82, 2.24) is 0 Å². The highest BCUT2D eigenvalue weighted by Gasteiger charge is 2.07. The summed E-state index contributed by atoms with van der Waals surface area (Å²) in [4.78, 5) is 0.921. The second-order valence-corrected chi connectivity index (χ2v) is 3.75. The molecule has 2 rings (SSSR count). The molecule has 0 N–H and O–H groups in total. The van der Waals surface area contributed by atoms with E-state index in [1.165, 1.54) is 33.5 Å². The van der Waals surface area contributed by atoms with Crippen molar-refractivity contribution in [2.75, 3.05) is 0 Å². The van der Waals surface area contributed by atoms with E-state index >= 15 is 0 Å². The van der Waals surface area contributed by atoms with Gasteiger partial charge in [0.05, 0.1) is 10.6 Å². The van der Waals surface area contributed by atoms with Gasteiger partial charge in [-0.1, -0.05) is 0 Å². The predicted octanol–water partition coefficient (Wildman–Crippen LogP) is 2.74. The van der Waals surface area contributed by atoms with Gasteiger partial charge in [-0.2, -0.15) is 4.36 Å². The number of hydrogen-bond acceptors (Lipinski definition) is 2. The maximum Gasteiger partial charge on any atom is 0.124 e. The minimum absolute atomic E-state index is 0.191. The Morgan fingerprint density at radius 1 is 1.40 bits per heavy atom. The largest absolute Gasteiger partial charge is 0.207 e. The molecule has 0 saturated heterocycles. The van der Waals surface area contributed by atoms with Crippen molar-refractivity contribution in [2.24, 2.45) is 4.36 Å². The Bertz CT molecular complexity index is 298. The topological polar surface area (TPSA) is 12.4 Å². The number of rotatable bonds is 0. The molecule has 0 bridgehead atoms. The minimum atomic E-state index is -0.191. The third-order valence-electron chi connectivity index (χ3n) is 1.18. The fraction of sp³-hybridized carbons (Fsp3) is 0. The average Bonchev–Trinajstić information content (AvgIpc) is 2.33. The average molecular weight is 172 g/mol. The molecular formula is C6H3FNS2. The van der Waals surface area contributed by atoms with Crippen LogP contribution in [0.15, 0.2) is 27.5 Å². The van der Waals surface area contributed by atoms with Crippen LogP contribution in [0.25, 0.3) is 0 Å². The Hall–Kier alpha value is -0.480. The lowest BCUT2D eigenvalue weighted by Crippen LogP contribution is -1.71. The first-order valence-electron chi connectivity index (χ1n) is 2.70. The van der Waals surface area contributed by atoms with Crippen LogP contribution in [0.2, 0.25) is 0 Å². The van der Waals surface area contributed by atoms with Gasteiger partial charge in [-0.3, -0.25) is 0 Å². The van der Waals surface area contributed by atoms with E-state index in [4.69, 9.17) is 0 Å². The van der Waals surface area contributed by atoms with Crippen LogP contribution in [-0.2, 0) is 10.6 Å². The van der Waals surface area contributed by atoms with Gasteiger partial charge in [0.25, 0.3) is 0 Å². The van der Waals surface area contributed by atoms with Gasteiger partial charge < -0.3 is 0 Å². The van der Waals surface area contributed by atoms with Crippen LogP contribution in [0.1, 0.15) is 0 Å². The van der Waals surface area contributed by atoms with Crippen molar-refractivity contribution in [3.63, 3.8) is 0 Å². The van der Waals surface area contributed by atoms with E-state index in [0.29, 0.717) is 0 Å². The van der Waals surface area contributed by atoms with Crippen molar-refractivity contribution >= 4 is 27.1 Å². The third kappa shape index (κ3) is 0.932. The molecule has 1 aromatic carbocycles. The molecule has 0 atom stereocenters. The van der Waals surface area contributed by atoms with Gasteiger partial charge in [-0.25, -0.2) is 4.39 Å². The lowest BCUT2D eigenvalue weighted by Gasteiger charge is -1.91. The summed E-state index contributed by atoms with van der Waals surface area (Å²) in [5.74, 6) is -0.191. The fourth-order valence-electron chi connectivity index (χ4n) is 0.729. The van der Waals surface area contributed by atoms with Crippen LogP contribution in [0.3, 0.4) is 0 Å². The van der Waals surface area contributed by atoms with Gasteiger partial charge in [0, 0.05) is 10.6 Å². The number of hydrogen-bond donors (Lipinski definition) is 0. The van der Waals surface area contributed by atoms with Crippen LogP contribution in [0.5, 0.6) is 0 Å². The standard InChI is InChI=1S/C6H3FNS2/c7-4-1-2-5-6(3-4)9-10-8-5/h1-3H. The Kier molecular flexibility index (Phi) is 1.43. The smallest absolute Gasteiger partial charge is 0.124 e. The second-order valence-electron chi connectivity index (χ2n) is 1.86. The highest BCUT2D eigenvalue weighted by atomic mass is 33.1. The maximum absolute atomic E-state index is 12.5.